The number of rotatable bonds is 12. The number of hydrogen-bond donors (Lipinski definition) is 0. The van der Waals surface area contributed by atoms with Crippen molar-refractivity contribution in [2.24, 2.45) is 0 Å². The second-order valence-corrected chi connectivity index (χ2v) is 16.4. The molecule has 0 saturated carbocycles. The van der Waals surface area contributed by atoms with Crippen LogP contribution in [0.25, 0.3) is 0 Å². The fourth-order valence-electron chi connectivity index (χ4n) is 6.31. The molecular formula is C37H47OP. The summed E-state index contributed by atoms with van der Waals surface area (Å²) >= 11 is 0. The summed E-state index contributed by atoms with van der Waals surface area (Å²) in [5.41, 5.74) is 4.24. The van der Waals surface area contributed by atoms with Crippen LogP contribution in [0.3, 0.4) is 0 Å². The van der Waals surface area contributed by atoms with Crippen LogP contribution in [0.2, 0.25) is 0 Å². The van der Waals surface area contributed by atoms with Crippen LogP contribution >= 0.6 is 6.83 Å². The molecule has 1 nitrogen and oxygen atoms in total. The Hall–Kier alpha value is -2.73. The van der Waals surface area contributed by atoms with Gasteiger partial charge in [0.05, 0.1) is 0 Å². The zero-order chi connectivity index (χ0) is 27.8. The molecule has 0 N–H and O–H groups in total. The van der Waals surface area contributed by atoms with E-state index < -0.39 is 6.83 Å². The van der Waals surface area contributed by atoms with Gasteiger partial charge in [0.2, 0.25) is 0 Å². The maximum atomic E-state index is 7.50. The molecule has 1 aliphatic rings. The molecule has 2 heteroatoms. The number of benzene rings is 3. The molecule has 3 aromatic carbocycles. The van der Waals surface area contributed by atoms with Gasteiger partial charge in [-0.1, -0.05) is 11.6 Å². The van der Waals surface area contributed by atoms with Crippen molar-refractivity contribution in [3.63, 3.8) is 0 Å². The molecule has 3 aromatic rings. The first kappa shape index (κ1) is 29.3. The summed E-state index contributed by atoms with van der Waals surface area (Å²) in [6, 6.07) is 33.1. The van der Waals surface area contributed by atoms with Crippen LogP contribution in [0.5, 0.6) is 0 Å². The fourth-order valence-corrected chi connectivity index (χ4v) is 13.0. The molecule has 0 radical (unpaired) electrons. The monoisotopic (exact) mass is 538 g/mol. The average molecular weight is 539 g/mol. The molecule has 1 saturated heterocycles. The van der Waals surface area contributed by atoms with E-state index in [4.69, 9.17) is 4.52 Å². The topological polar surface area (TPSA) is 9.23 Å². The molecule has 4 rings (SSSR count). The van der Waals surface area contributed by atoms with Gasteiger partial charge < -0.3 is 0 Å². The molecule has 1 heterocycles. The van der Waals surface area contributed by atoms with E-state index in [-0.39, 0.29) is 5.60 Å². The summed E-state index contributed by atoms with van der Waals surface area (Å²) in [4.78, 5) is 0. The van der Waals surface area contributed by atoms with Crippen LogP contribution in [0.15, 0.2) is 126 Å². The van der Waals surface area contributed by atoms with Crippen molar-refractivity contribution < 1.29 is 4.52 Å². The van der Waals surface area contributed by atoms with Crippen molar-refractivity contribution in [3.8, 4) is 0 Å². The van der Waals surface area contributed by atoms with Crippen LogP contribution in [-0.2, 0) is 4.52 Å². The van der Waals surface area contributed by atoms with Gasteiger partial charge in [0.1, 0.15) is 0 Å². The van der Waals surface area contributed by atoms with Gasteiger partial charge in [-0.25, -0.2) is 0 Å². The number of hydrogen-bond acceptors (Lipinski definition) is 1. The first-order valence-corrected chi connectivity index (χ1v) is 17.0. The summed E-state index contributed by atoms with van der Waals surface area (Å²) in [5, 5.41) is 3.99. The van der Waals surface area contributed by atoms with Crippen LogP contribution in [0.4, 0.5) is 0 Å². The number of allylic oxidation sites excluding steroid dienone is 6. The fraction of sp³-hybridized carbons (Fsp3) is 0.351. The molecule has 206 valence electrons. The van der Waals surface area contributed by atoms with E-state index >= 15 is 0 Å². The maximum absolute atomic E-state index is 7.50. The summed E-state index contributed by atoms with van der Waals surface area (Å²) in [7, 11) is 0. The van der Waals surface area contributed by atoms with E-state index in [1.54, 1.807) is 0 Å². The van der Waals surface area contributed by atoms with Crippen LogP contribution in [0, 0.1) is 0 Å². The van der Waals surface area contributed by atoms with Gasteiger partial charge in [-0.05, 0) is 13.8 Å². The zero-order valence-corrected chi connectivity index (χ0v) is 25.6. The van der Waals surface area contributed by atoms with Gasteiger partial charge >= 0.3 is 213 Å². The Labute approximate surface area is 237 Å². The van der Waals surface area contributed by atoms with Crippen LogP contribution in [-0.4, -0.2) is 11.8 Å². The van der Waals surface area contributed by atoms with Crippen LogP contribution < -0.4 is 15.9 Å². The van der Waals surface area contributed by atoms with Crippen LogP contribution in [0.1, 0.15) is 73.1 Å². The summed E-state index contributed by atoms with van der Waals surface area (Å²) in [6.45, 7) is 8.20. The Kier molecular flexibility index (Phi) is 9.47. The van der Waals surface area contributed by atoms with E-state index in [9.17, 15) is 0 Å². The van der Waals surface area contributed by atoms with Crippen molar-refractivity contribution >= 4 is 22.7 Å². The van der Waals surface area contributed by atoms with E-state index in [0.717, 1.165) is 38.3 Å². The SMILES string of the molecule is CC(C)=CCC/C(C)=C/CC/C(C)=C/CCC1(C)CP(c2ccccc2)(c2ccccc2)(c2ccccc2)O1. The zero-order valence-electron chi connectivity index (χ0n) is 24.7. The summed E-state index contributed by atoms with van der Waals surface area (Å²) < 4.78 is 7.50. The van der Waals surface area contributed by atoms with Gasteiger partial charge in [-0.2, -0.15) is 0 Å². The first-order chi connectivity index (χ1) is 18.8. The Bertz CT molecular complexity index is 1190. The molecule has 39 heavy (non-hydrogen) atoms. The van der Waals surface area contributed by atoms with E-state index in [2.05, 4.69) is 144 Å². The van der Waals surface area contributed by atoms with Gasteiger partial charge in [-0.15, -0.1) is 0 Å². The van der Waals surface area contributed by atoms with Gasteiger partial charge in [0, 0.05) is 0 Å². The minimum atomic E-state index is -3.03. The second kappa shape index (κ2) is 12.6. The third-order valence-electron chi connectivity index (χ3n) is 8.25. The molecule has 0 amide bonds. The molecule has 0 bridgehead atoms. The molecule has 1 fully saturated rings. The van der Waals surface area contributed by atoms with Crippen molar-refractivity contribution in [1.29, 1.82) is 0 Å². The van der Waals surface area contributed by atoms with Gasteiger partial charge in [-0.3, -0.25) is 0 Å². The van der Waals surface area contributed by atoms with Gasteiger partial charge in [0.25, 0.3) is 0 Å². The Balaban J connectivity index is 1.50. The van der Waals surface area contributed by atoms with Crippen molar-refractivity contribution in [2.75, 3.05) is 6.16 Å². The predicted molar refractivity (Wildman–Crippen MR) is 174 cm³/mol. The summed E-state index contributed by atoms with van der Waals surface area (Å²) in [5.74, 6) is 0. The molecule has 1 unspecified atom stereocenters. The molecule has 0 spiro atoms. The quantitative estimate of drug-likeness (QED) is 0.165. The van der Waals surface area contributed by atoms with E-state index in [1.807, 2.05) is 0 Å². The third kappa shape index (κ3) is 6.37. The van der Waals surface area contributed by atoms with Crippen molar-refractivity contribution in [2.45, 2.75) is 78.7 Å². The Morgan fingerprint density at radius 2 is 1.03 bits per heavy atom. The predicted octanol–water partition coefficient (Wildman–Crippen LogP) is 9.42. The van der Waals surface area contributed by atoms with Crippen molar-refractivity contribution in [3.05, 3.63) is 126 Å². The van der Waals surface area contributed by atoms with Gasteiger partial charge in [0.15, 0.2) is 0 Å². The summed E-state index contributed by atoms with van der Waals surface area (Å²) in [6.07, 6.45) is 14.9. The van der Waals surface area contributed by atoms with E-state index in [0.29, 0.717) is 0 Å². The Morgan fingerprint density at radius 3 is 1.44 bits per heavy atom. The molecule has 0 aromatic heterocycles. The first-order valence-electron chi connectivity index (χ1n) is 14.6. The average Bonchev–Trinajstić information content (AvgIpc) is 2.93. The van der Waals surface area contributed by atoms with Crippen molar-refractivity contribution in [1.82, 2.24) is 0 Å². The molecule has 1 aliphatic heterocycles. The minimum absolute atomic E-state index is 0.155. The molecule has 0 aliphatic carbocycles. The normalized spacial score (nSPS) is 21.3. The third-order valence-corrected chi connectivity index (χ3v) is 14.5. The standard InChI is InChI=1S/C37H47OP/c1-31(2)18-15-19-32(3)20-16-21-33(4)22-17-29-37(5)30-39(38-37,34-23-9-6-10-24-34,35-25-11-7-12-26-35)36-27-13-8-14-28-36/h6-14,18,20,22-28H,15-17,19,21,29-30H2,1-5H3/b32-20+,33-22+. The van der Waals surface area contributed by atoms with E-state index in [1.165, 1.54) is 39.1 Å². The molecular weight excluding hydrogens is 491 g/mol. The molecule has 1 atom stereocenters. The second-order valence-electron chi connectivity index (χ2n) is 11.9. The Morgan fingerprint density at radius 1 is 0.641 bits per heavy atom.